The minimum Gasteiger partial charge on any atom is -0.459 e. The molecule has 10 heteroatoms. The SMILES string of the molecule is NS(=O)(=O)c1ccc(NC(=O)CSCCOC(=O)c2ccco2)cc1. The van der Waals surface area contributed by atoms with E-state index < -0.39 is 16.0 Å². The molecule has 1 heterocycles. The maximum Gasteiger partial charge on any atom is 0.374 e. The number of hydrogen-bond acceptors (Lipinski definition) is 7. The fraction of sp³-hybridized carbons (Fsp3) is 0.200. The third-order valence-corrected chi connectivity index (χ3v) is 4.73. The van der Waals surface area contributed by atoms with E-state index >= 15 is 0 Å². The zero-order valence-electron chi connectivity index (χ0n) is 13.0. The highest BCUT2D eigenvalue weighted by atomic mass is 32.2. The molecule has 2 rings (SSSR count). The van der Waals surface area contributed by atoms with Gasteiger partial charge in [0.2, 0.25) is 21.7 Å². The molecule has 134 valence electrons. The molecule has 0 fully saturated rings. The van der Waals surface area contributed by atoms with Crippen molar-refractivity contribution >= 4 is 39.3 Å². The fourth-order valence-electron chi connectivity index (χ4n) is 1.75. The molecule has 0 aliphatic carbocycles. The first-order valence-electron chi connectivity index (χ1n) is 7.07. The Morgan fingerprint density at radius 2 is 1.92 bits per heavy atom. The van der Waals surface area contributed by atoms with Gasteiger partial charge in [-0.15, -0.1) is 11.8 Å². The second-order valence-corrected chi connectivity index (χ2v) is 7.45. The van der Waals surface area contributed by atoms with Gasteiger partial charge >= 0.3 is 5.97 Å². The van der Waals surface area contributed by atoms with Gasteiger partial charge in [0.25, 0.3) is 0 Å². The number of ether oxygens (including phenoxy) is 1. The first-order chi connectivity index (χ1) is 11.9. The summed E-state index contributed by atoms with van der Waals surface area (Å²) in [6.45, 7) is 0.153. The number of esters is 1. The highest BCUT2D eigenvalue weighted by molar-refractivity contribution is 7.99. The van der Waals surface area contributed by atoms with Crippen LogP contribution < -0.4 is 10.5 Å². The van der Waals surface area contributed by atoms with Crippen LogP contribution in [0.1, 0.15) is 10.6 Å². The maximum absolute atomic E-state index is 11.8. The summed E-state index contributed by atoms with van der Waals surface area (Å²) in [7, 11) is -3.76. The van der Waals surface area contributed by atoms with Gasteiger partial charge in [0, 0.05) is 11.4 Å². The number of sulfonamides is 1. The Morgan fingerprint density at radius 1 is 1.20 bits per heavy atom. The quantitative estimate of drug-likeness (QED) is 0.520. The number of nitrogens with two attached hydrogens (primary N) is 1. The third-order valence-electron chi connectivity index (χ3n) is 2.88. The van der Waals surface area contributed by atoms with Crippen molar-refractivity contribution in [2.24, 2.45) is 5.14 Å². The Balaban J connectivity index is 1.66. The van der Waals surface area contributed by atoms with Gasteiger partial charge in [-0.2, -0.15) is 0 Å². The van der Waals surface area contributed by atoms with Gasteiger partial charge in [0.05, 0.1) is 16.9 Å². The van der Waals surface area contributed by atoms with E-state index in [1.54, 1.807) is 6.07 Å². The maximum atomic E-state index is 11.8. The summed E-state index contributed by atoms with van der Waals surface area (Å²) in [6, 6.07) is 8.62. The molecule has 0 atom stereocenters. The standard InChI is InChI=1S/C15H16N2O6S2/c16-25(20,21)12-5-3-11(4-6-12)17-14(18)10-24-9-8-23-15(19)13-2-1-7-22-13/h1-7H,8-10H2,(H,17,18)(H2,16,20,21). The number of benzene rings is 1. The lowest BCUT2D eigenvalue weighted by Gasteiger charge is -2.06. The topological polar surface area (TPSA) is 129 Å². The molecular weight excluding hydrogens is 368 g/mol. The van der Waals surface area contributed by atoms with Crippen LogP contribution in [0.2, 0.25) is 0 Å². The fourth-order valence-corrected chi connectivity index (χ4v) is 2.87. The first kappa shape index (κ1) is 19.0. The summed E-state index contributed by atoms with van der Waals surface area (Å²) in [5.41, 5.74) is 0.460. The van der Waals surface area contributed by atoms with E-state index in [1.165, 1.54) is 48.4 Å². The summed E-state index contributed by atoms with van der Waals surface area (Å²) in [5, 5.41) is 7.62. The van der Waals surface area contributed by atoms with Crippen LogP contribution in [0.15, 0.2) is 52.0 Å². The normalized spacial score (nSPS) is 11.1. The molecule has 25 heavy (non-hydrogen) atoms. The second-order valence-electron chi connectivity index (χ2n) is 4.78. The number of furan rings is 1. The number of amides is 1. The van der Waals surface area contributed by atoms with Crippen molar-refractivity contribution in [3.63, 3.8) is 0 Å². The van der Waals surface area contributed by atoms with Gasteiger partial charge in [-0.25, -0.2) is 18.4 Å². The number of nitrogens with one attached hydrogen (secondary N) is 1. The molecule has 8 nitrogen and oxygen atoms in total. The average molecular weight is 384 g/mol. The van der Waals surface area contributed by atoms with Crippen LogP contribution in [0.4, 0.5) is 5.69 Å². The van der Waals surface area contributed by atoms with Crippen LogP contribution in [-0.2, 0) is 19.6 Å². The van der Waals surface area contributed by atoms with E-state index in [1.807, 2.05) is 0 Å². The Hall–Kier alpha value is -2.30. The van der Waals surface area contributed by atoms with Crippen LogP contribution >= 0.6 is 11.8 Å². The van der Waals surface area contributed by atoms with Gasteiger partial charge in [-0.3, -0.25) is 4.79 Å². The van der Waals surface area contributed by atoms with E-state index in [-0.39, 0.29) is 28.9 Å². The van der Waals surface area contributed by atoms with Crippen molar-refractivity contribution in [2.75, 3.05) is 23.4 Å². The van der Waals surface area contributed by atoms with E-state index in [0.717, 1.165) is 0 Å². The van der Waals surface area contributed by atoms with Crippen molar-refractivity contribution in [3.05, 3.63) is 48.4 Å². The van der Waals surface area contributed by atoms with E-state index in [0.29, 0.717) is 11.4 Å². The highest BCUT2D eigenvalue weighted by Crippen LogP contribution is 2.13. The number of anilines is 1. The third kappa shape index (κ3) is 6.25. The Labute approximate surface area is 148 Å². The average Bonchev–Trinajstić information content (AvgIpc) is 3.08. The predicted octanol–water partition coefficient (Wildman–Crippen LogP) is 1.46. The lowest BCUT2D eigenvalue weighted by molar-refractivity contribution is -0.113. The molecule has 3 N–H and O–H groups in total. The Morgan fingerprint density at radius 3 is 2.52 bits per heavy atom. The zero-order valence-corrected chi connectivity index (χ0v) is 14.6. The van der Waals surface area contributed by atoms with Crippen molar-refractivity contribution < 1.29 is 27.2 Å². The van der Waals surface area contributed by atoms with E-state index in [4.69, 9.17) is 14.3 Å². The van der Waals surface area contributed by atoms with Gasteiger partial charge < -0.3 is 14.5 Å². The monoisotopic (exact) mass is 384 g/mol. The van der Waals surface area contributed by atoms with Gasteiger partial charge in [0.1, 0.15) is 6.61 Å². The number of rotatable bonds is 8. The number of primary sulfonamides is 1. The van der Waals surface area contributed by atoms with Crippen molar-refractivity contribution in [2.45, 2.75) is 4.90 Å². The first-order valence-corrected chi connectivity index (χ1v) is 9.77. The molecule has 0 aliphatic rings. The molecule has 0 unspecified atom stereocenters. The lowest BCUT2D eigenvalue weighted by Crippen LogP contribution is -2.16. The predicted molar refractivity (Wildman–Crippen MR) is 92.8 cm³/mol. The van der Waals surface area contributed by atoms with E-state index in [2.05, 4.69) is 5.32 Å². The van der Waals surface area contributed by atoms with Crippen molar-refractivity contribution in [1.82, 2.24) is 0 Å². The van der Waals surface area contributed by atoms with Gasteiger partial charge in [0.15, 0.2) is 0 Å². The molecule has 0 radical (unpaired) electrons. The Kier molecular flexibility index (Phi) is 6.62. The second kappa shape index (κ2) is 8.70. The lowest BCUT2D eigenvalue weighted by atomic mass is 10.3. The van der Waals surface area contributed by atoms with Gasteiger partial charge in [-0.1, -0.05) is 0 Å². The molecule has 0 bridgehead atoms. The van der Waals surface area contributed by atoms with E-state index in [9.17, 15) is 18.0 Å². The number of carbonyl (C=O) groups excluding carboxylic acids is 2. The number of thioether (sulfide) groups is 1. The molecule has 1 amide bonds. The van der Waals surface area contributed by atoms with Gasteiger partial charge in [-0.05, 0) is 36.4 Å². The van der Waals surface area contributed by atoms with Crippen LogP contribution in [0, 0.1) is 0 Å². The van der Waals surface area contributed by atoms with Crippen molar-refractivity contribution in [1.29, 1.82) is 0 Å². The Bertz CT molecular complexity index is 816. The molecule has 1 aromatic carbocycles. The molecule has 0 saturated carbocycles. The minimum absolute atomic E-state index is 0.0294. The molecular formula is C15H16N2O6S2. The molecule has 0 spiro atoms. The zero-order chi connectivity index (χ0) is 18.3. The summed E-state index contributed by atoms with van der Waals surface area (Å²) in [4.78, 5) is 23.2. The van der Waals surface area contributed by atoms with Crippen LogP contribution in [0.25, 0.3) is 0 Å². The van der Waals surface area contributed by atoms with Crippen LogP contribution in [0.3, 0.4) is 0 Å². The summed E-state index contributed by atoms with van der Waals surface area (Å²) in [6.07, 6.45) is 1.38. The molecule has 1 aromatic heterocycles. The summed E-state index contributed by atoms with van der Waals surface area (Å²) < 4.78 is 32.1. The summed E-state index contributed by atoms with van der Waals surface area (Å²) >= 11 is 1.29. The smallest absolute Gasteiger partial charge is 0.374 e. The number of carbonyl (C=O) groups is 2. The van der Waals surface area contributed by atoms with Crippen LogP contribution in [-0.4, -0.2) is 38.4 Å². The van der Waals surface area contributed by atoms with Crippen molar-refractivity contribution in [3.8, 4) is 0 Å². The largest absolute Gasteiger partial charge is 0.459 e. The number of hydrogen-bond donors (Lipinski definition) is 2. The van der Waals surface area contributed by atoms with Crippen LogP contribution in [0.5, 0.6) is 0 Å². The summed E-state index contributed by atoms with van der Waals surface area (Å²) in [5.74, 6) is -0.0687. The molecule has 2 aromatic rings. The highest BCUT2D eigenvalue weighted by Gasteiger charge is 2.10. The molecule has 0 aliphatic heterocycles. The minimum atomic E-state index is -3.76. The molecule has 0 saturated heterocycles.